The molecular weight excluding hydrogens is 334 g/mol. The molecule has 0 aliphatic carbocycles. The molecule has 0 aromatic carbocycles. The Morgan fingerprint density at radius 2 is 2.25 bits per heavy atom. The zero-order valence-corrected chi connectivity index (χ0v) is 14.6. The van der Waals surface area contributed by atoms with E-state index in [4.69, 9.17) is 4.98 Å². The molecule has 0 bridgehead atoms. The summed E-state index contributed by atoms with van der Waals surface area (Å²) >= 11 is 5.35. The van der Waals surface area contributed by atoms with E-state index in [1.165, 1.54) is 30.8 Å². The lowest BCUT2D eigenvalue weighted by Crippen LogP contribution is -2.26. The molecular formula is C15H22BrN3S. The number of anilines is 1. The van der Waals surface area contributed by atoms with Crippen LogP contribution in [0.3, 0.4) is 0 Å². The highest BCUT2D eigenvalue weighted by Gasteiger charge is 2.23. The minimum Gasteiger partial charge on any atom is -0.355 e. The van der Waals surface area contributed by atoms with Crippen LogP contribution < -0.4 is 4.90 Å². The van der Waals surface area contributed by atoms with E-state index in [9.17, 15) is 0 Å². The number of fused-ring (bicyclic) bond motifs is 1. The topological polar surface area (TPSA) is 20.5 Å². The van der Waals surface area contributed by atoms with Gasteiger partial charge in [0.2, 0.25) is 0 Å². The van der Waals surface area contributed by atoms with E-state index in [2.05, 4.69) is 50.7 Å². The Kier molecular flexibility index (Phi) is 4.36. The second kappa shape index (κ2) is 6.06. The summed E-state index contributed by atoms with van der Waals surface area (Å²) in [6.45, 7) is 7.01. The van der Waals surface area contributed by atoms with E-state index in [0.29, 0.717) is 0 Å². The molecule has 1 saturated heterocycles. The molecule has 3 heterocycles. The van der Waals surface area contributed by atoms with Crippen molar-refractivity contribution in [3.63, 3.8) is 0 Å². The maximum absolute atomic E-state index is 4.86. The van der Waals surface area contributed by atoms with Crippen molar-refractivity contribution >= 4 is 38.0 Å². The Labute approximate surface area is 133 Å². The summed E-state index contributed by atoms with van der Waals surface area (Å²) in [5.74, 6) is 2.87. The predicted octanol–water partition coefficient (Wildman–Crippen LogP) is 4.55. The number of thiazole rings is 1. The van der Waals surface area contributed by atoms with Crippen molar-refractivity contribution in [2.45, 2.75) is 38.4 Å². The van der Waals surface area contributed by atoms with Gasteiger partial charge >= 0.3 is 0 Å². The molecule has 0 radical (unpaired) electrons. The van der Waals surface area contributed by atoms with Gasteiger partial charge in [-0.1, -0.05) is 29.8 Å². The molecule has 0 saturated carbocycles. The van der Waals surface area contributed by atoms with Gasteiger partial charge in [-0.25, -0.2) is 4.98 Å². The summed E-state index contributed by atoms with van der Waals surface area (Å²) in [7, 11) is 0. The van der Waals surface area contributed by atoms with Gasteiger partial charge in [-0.15, -0.1) is 11.3 Å². The first-order valence-corrected chi connectivity index (χ1v) is 9.46. The molecule has 2 aromatic rings. The third-order valence-corrected chi connectivity index (χ3v) is 5.77. The number of hydrogen-bond acceptors (Lipinski definition) is 3. The van der Waals surface area contributed by atoms with E-state index in [0.717, 1.165) is 35.2 Å². The monoisotopic (exact) mass is 355 g/mol. The third-order valence-electron chi connectivity index (χ3n) is 4.48. The lowest BCUT2D eigenvalue weighted by atomic mass is 9.89. The Morgan fingerprint density at radius 3 is 3.00 bits per heavy atom. The second-order valence-electron chi connectivity index (χ2n) is 5.99. The van der Waals surface area contributed by atoms with Crippen LogP contribution in [0.15, 0.2) is 11.6 Å². The molecule has 1 atom stereocenters. The Hall–Kier alpha value is -0.550. The number of hydrogen-bond donors (Lipinski definition) is 0. The number of rotatable bonds is 3. The predicted molar refractivity (Wildman–Crippen MR) is 90.1 cm³/mol. The lowest BCUT2D eigenvalue weighted by Gasteiger charge is -2.22. The average Bonchev–Trinajstić information content (AvgIpc) is 2.90. The molecule has 5 heteroatoms. The largest absolute Gasteiger partial charge is 0.355 e. The van der Waals surface area contributed by atoms with Gasteiger partial charge in [0.05, 0.1) is 5.69 Å². The first-order chi connectivity index (χ1) is 9.70. The molecule has 110 valence electrons. The van der Waals surface area contributed by atoms with E-state index >= 15 is 0 Å². The van der Waals surface area contributed by atoms with Crippen molar-refractivity contribution in [3.05, 3.63) is 17.3 Å². The minimum atomic E-state index is 0.802. The highest BCUT2D eigenvalue weighted by molar-refractivity contribution is 9.08. The molecule has 0 spiro atoms. The van der Waals surface area contributed by atoms with Crippen LogP contribution in [0.1, 0.15) is 38.8 Å². The fourth-order valence-corrected chi connectivity index (χ4v) is 4.45. The normalized spacial score (nSPS) is 20.8. The molecule has 2 aromatic heterocycles. The van der Waals surface area contributed by atoms with Crippen molar-refractivity contribution in [2.75, 3.05) is 18.0 Å². The minimum absolute atomic E-state index is 0.802. The van der Waals surface area contributed by atoms with Crippen LogP contribution in [0.5, 0.6) is 0 Å². The van der Waals surface area contributed by atoms with Gasteiger partial charge in [0.25, 0.3) is 0 Å². The smallest absolute Gasteiger partial charge is 0.195 e. The van der Waals surface area contributed by atoms with Crippen LogP contribution in [0.4, 0.5) is 5.82 Å². The van der Waals surface area contributed by atoms with Gasteiger partial charge in [0, 0.05) is 30.0 Å². The Bertz CT molecular complexity index is 575. The summed E-state index contributed by atoms with van der Waals surface area (Å²) < 4.78 is 2.22. The summed E-state index contributed by atoms with van der Waals surface area (Å²) in [6, 6.07) is 0. The Balaban J connectivity index is 1.85. The SMILES string of the molecule is CC(C)C1CCCN(c2nc3sccn3c2CBr)CC1. The highest BCUT2D eigenvalue weighted by Crippen LogP contribution is 2.31. The fraction of sp³-hybridized carbons (Fsp3) is 0.667. The van der Waals surface area contributed by atoms with Crippen molar-refractivity contribution in [1.82, 2.24) is 9.38 Å². The summed E-state index contributed by atoms with van der Waals surface area (Å²) in [5.41, 5.74) is 1.30. The zero-order chi connectivity index (χ0) is 14.1. The average molecular weight is 356 g/mol. The number of nitrogens with zero attached hydrogens (tertiary/aromatic N) is 3. The lowest BCUT2D eigenvalue weighted by molar-refractivity contribution is 0.351. The second-order valence-corrected chi connectivity index (χ2v) is 7.43. The maximum Gasteiger partial charge on any atom is 0.195 e. The number of alkyl halides is 1. The number of halogens is 1. The van der Waals surface area contributed by atoms with E-state index < -0.39 is 0 Å². The van der Waals surface area contributed by atoms with Crippen molar-refractivity contribution in [1.29, 1.82) is 0 Å². The first kappa shape index (κ1) is 14.4. The molecule has 1 aliphatic heterocycles. The first-order valence-electron chi connectivity index (χ1n) is 7.46. The van der Waals surface area contributed by atoms with Crippen molar-refractivity contribution < 1.29 is 0 Å². The molecule has 1 aliphatic rings. The third kappa shape index (κ3) is 2.62. The van der Waals surface area contributed by atoms with Gasteiger partial charge in [-0.05, 0) is 31.1 Å². The Morgan fingerprint density at radius 1 is 1.40 bits per heavy atom. The van der Waals surface area contributed by atoms with Crippen molar-refractivity contribution in [2.24, 2.45) is 11.8 Å². The van der Waals surface area contributed by atoms with E-state index in [1.54, 1.807) is 11.3 Å². The molecule has 1 unspecified atom stereocenters. The van der Waals surface area contributed by atoms with Crippen LogP contribution in [0.2, 0.25) is 0 Å². The van der Waals surface area contributed by atoms with Crippen LogP contribution in [0.25, 0.3) is 4.96 Å². The molecule has 0 N–H and O–H groups in total. The summed E-state index contributed by atoms with van der Waals surface area (Å²) in [4.78, 5) is 8.47. The maximum atomic E-state index is 4.86. The zero-order valence-electron chi connectivity index (χ0n) is 12.2. The molecule has 0 amide bonds. The summed E-state index contributed by atoms with van der Waals surface area (Å²) in [5, 5.41) is 2.97. The molecule has 3 nitrogen and oxygen atoms in total. The number of aromatic nitrogens is 2. The van der Waals surface area contributed by atoms with Crippen LogP contribution in [-0.4, -0.2) is 22.5 Å². The van der Waals surface area contributed by atoms with Gasteiger partial charge in [-0.2, -0.15) is 0 Å². The van der Waals surface area contributed by atoms with E-state index in [-0.39, 0.29) is 0 Å². The summed E-state index contributed by atoms with van der Waals surface area (Å²) in [6.07, 6.45) is 6.07. The van der Waals surface area contributed by atoms with E-state index in [1.807, 2.05) is 0 Å². The quantitative estimate of drug-likeness (QED) is 0.752. The molecule has 1 fully saturated rings. The van der Waals surface area contributed by atoms with Gasteiger partial charge in [0.15, 0.2) is 10.8 Å². The van der Waals surface area contributed by atoms with Crippen LogP contribution in [-0.2, 0) is 5.33 Å². The highest BCUT2D eigenvalue weighted by atomic mass is 79.9. The molecule has 3 rings (SSSR count). The van der Waals surface area contributed by atoms with Crippen LogP contribution in [0, 0.1) is 11.8 Å². The van der Waals surface area contributed by atoms with Gasteiger partial charge in [-0.3, -0.25) is 4.40 Å². The molecule has 20 heavy (non-hydrogen) atoms. The van der Waals surface area contributed by atoms with Crippen molar-refractivity contribution in [3.8, 4) is 0 Å². The van der Waals surface area contributed by atoms with Crippen LogP contribution >= 0.6 is 27.3 Å². The number of imidazole rings is 1. The van der Waals surface area contributed by atoms with Gasteiger partial charge < -0.3 is 4.90 Å². The standard InChI is InChI=1S/C15H22BrN3S/c1-11(2)12-4-3-6-18(7-5-12)14-13(10-16)19-8-9-20-15(19)17-14/h8-9,11-12H,3-7,10H2,1-2H3. The van der Waals surface area contributed by atoms with Gasteiger partial charge in [0.1, 0.15) is 0 Å². The fourth-order valence-electron chi connectivity index (χ4n) is 3.20.